The van der Waals surface area contributed by atoms with Crippen molar-refractivity contribution < 1.29 is 9.59 Å². The van der Waals surface area contributed by atoms with Crippen LogP contribution < -0.4 is 10.2 Å². The van der Waals surface area contributed by atoms with E-state index in [0.29, 0.717) is 27.8 Å². The molecule has 0 spiro atoms. The lowest BCUT2D eigenvalue weighted by molar-refractivity contribution is -0.122. The van der Waals surface area contributed by atoms with Gasteiger partial charge in [0.2, 0.25) is 11.8 Å². The van der Waals surface area contributed by atoms with Crippen molar-refractivity contribution in [3.05, 3.63) is 45.3 Å². The van der Waals surface area contributed by atoms with Crippen molar-refractivity contribution in [3.63, 3.8) is 0 Å². The molecule has 0 saturated carbocycles. The van der Waals surface area contributed by atoms with Crippen LogP contribution in [0.2, 0.25) is 5.02 Å². The van der Waals surface area contributed by atoms with Crippen LogP contribution in [0.5, 0.6) is 0 Å². The minimum Gasteiger partial charge on any atom is -0.316 e. The molecule has 5 nitrogen and oxygen atoms in total. The number of nitrogens with zero attached hydrogens (tertiary/aromatic N) is 2. The lowest BCUT2D eigenvalue weighted by Gasteiger charge is -2.16. The van der Waals surface area contributed by atoms with Crippen LogP contribution in [0.4, 0.5) is 10.7 Å². The number of carbonyl (C=O) groups excluding carboxylic acids is 2. The summed E-state index contributed by atoms with van der Waals surface area (Å²) in [6, 6.07) is 9.28. The standard InChI is InChI=1S/C19H16ClN3O2S/c20-12-3-1-4-13(8-12)23-10-11(7-17(23)24)18(25)22-19-15(9-21)14-5-2-6-16(14)26-19/h1,3-4,8,11H,2,5-7,10H2,(H,22,25). The topological polar surface area (TPSA) is 73.2 Å². The highest BCUT2D eigenvalue weighted by molar-refractivity contribution is 7.16. The third kappa shape index (κ3) is 2.98. The highest BCUT2D eigenvalue weighted by Gasteiger charge is 2.36. The van der Waals surface area contributed by atoms with Gasteiger partial charge in [-0.15, -0.1) is 11.3 Å². The number of nitrogens with one attached hydrogen (secondary N) is 1. The Balaban J connectivity index is 1.50. The number of carbonyl (C=O) groups is 2. The Morgan fingerprint density at radius 3 is 3.00 bits per heavy atom. The quantitative estimate of drug-likeness (QED) is 0.874. The molecule has 7 heteroatoms. The van der Waals surface area contributed by atoms with E-state index in [1.165, 1.54) is 16.2 Å². The normalized spacial score (nSPS) is 18.7. The maximum Gasteiger partial charge on any atom is 0.230 e. The van der Waals surface area contributed by atoms with Crippen LogP contribution in [0.1, 0.15) is 28.8 Å². The first-order valence-electron chi connectivity index (χ1n) is 8.48. The molecule has 1 fully saturated rings. The Bertz CT molecular complexity index is 947. The maximum atomic E-state index is 12.7. The van der Waals surface area contributed by atoms with E-state index in [2.05, 4.69) is 11.4 Å². The van der Waals surface area contributed by atoms with Crippen LogP contribution in [-0.4, -0.2) is 18.4 Å². The molecule has 2 heterocycles. The summed E-state index contributed by atoms with van der Waals surface area (Å²) in [4.78, 5) is 27.8. The van der Waals surface area contributed by atoms with E-state index >= 15 is 0 Å². The number of nitriles is 1. The average molecular weight is 386 g/mol. The first kappa shape index (κ1) is 17.1. The molecule has 1 aliphatic carbocycles. The number of benzene rings is 1. The zero-order valence-corrected chi connectivity index (χ0v) is 15.5. The summed E-state index contributed by atoms with van der Waals surface area (Å²) in [5.41, 5.74) is 2.37. The van der Waals surface area contributed by atoms with Crippen molar-refractivity contribution in [3.8, 4) is 6.07 Å². The number of hydrogen-bond acceptors (Lipinski definition) is 4. The van der Waals surface area contributed by atoms with Crippen molar-refractivity contribution in [2.75, 3.05) is 16.8 Å². The lowest BCUT2D eigenvalue weighted by atomic mass is 10.1. The van der Waals surface area contributed by atoms with Crippen LogP contribution >= 0.6 is 22.9 Å². The second-order valence-electron chi connectivity index (χ2n) is 6.55. The van der Waals surface area contributed by atoms with Crippen LogP contribution in [0, 0.1) is 17.2 Å². The number of amides is 2. The molecule has 2 aliphatic rings. The predicted molar refractivity (Wildman–Crippen MR) is 102 cm³/mol. The van der Waals surface area contributed by atoms with E-state index < -0.39 is 5.92 Å². The fourth-order valence-corrected chi connectivity index (χ4v) is 5.03. The molecule has 1 N–H and O–H groups in total. The van der Waals surface area contributed by atoms with Gasteiger partial charge < -0.3 is 10.2 Å². The largest absolute Gasteiger partial charge is 0.316 e. The molecule has 1 unspecified atom stereocenters. The average Bonchev–Trinajstić information content (AvgIpc) is 3.29. The van der Waals surface area contributed by atoms with Gasteiger partial charge in [-0.05, 0) is 43.0 Å². The Morgan fingerprint density at radius 2 is 2.23 bits per heavy atom. The van der Waals surface area contributed by atoms with E-state index in [0.717, 1.165) is 24.8 Å². The Labute approximate surface area is 160 Å². The van der Waals surface area contributed by atoms with Gasteiger partial charge in [-0.25, -0.2) is 0 Å². The second kappa shape index (κ2) is 6.75. The SMILES string of the molecule is N#Cc1c(NC(=O)C2CC(=O)N(c3cccc(Cl)c3)C2)sc2c1CCC2. The lowest BCUT2D eigenvalue weighted by Crippen LogP contribution is -2.28. The molecule has 26 heavy (non-hydrogen) atoms. The van der Waals surface area contributed by atoms with Gasteiger partial charge in [0.15, 0.2) is 0 Å². The zero-order valence-electron chi connectivity index (χ0n) is 13.9. The molecule has 1 aliphatic heterocycles. The number of anilines is 2. The van der Waals surface area contributed by atoms with Crippen LogP contribution in [-0.2, 0) is 22.4 Å². The summed E-state index contributed by atoms with van der Waals surface area (Å²) < 4.78 is 0. The fraction of sp³-hybridized carbons (Fsp3) is 0.316. The number of aryl methyl sites for hydroxylation is 1. The second-order valence-corrected chi connectivity index (χ2v) is 8.09. The summed E-state index contributed by atoms with van der Waals surface area (Å²) in [5, 5.41) is 13.5. The minimum atomic E-state index is -0.440. The van der Waals surface area contributed by atoms with Gasteiger partial charge in [0, 0.05) is 28.6 Å². The Hall–Kier alpha value is -2.36. The molecular formula is C19H16ClN3O2S. The Morgan fingerprint density at radius 1 is 1.38 bits per heavy atom. The minimum absolute atomic E-state index is 0.0957. The fourth-order valence-electron chi connectivity index (χ4n) is 3.60. The number of hydrogen-bond donors (Lipinski definition) is 1. The van der Waals surface area contributed by atoms with Crippen LogP contribution in [0.3, 0.4) is 0 Å². The molecule has 1 atom stereocenters. The summed E-state index contributed by atoms with van der Waals surface area (Å²) in [6.45, 7) is 0.317. The van der Waals surface area contributed by atoms with Gasteiger partial charge in [-0.2, -0.15) is 5.26 Å². The molecule has 4 rings (SSSR count). The third-order valence-electron chi connectivity index (χ3n) is 4.89. The van der Waals surface area contributed by atoms with Crippen LogP contribution in [0.25, 0.3) is 0 Å². The number of rotatable bonds is 3. The van der Waals surface area contributed by atoms with E-state index in [-0.39, 0.29) is 18.2 Å². The van der Waals surface area contributed by atoms with E-state index in [4.69, 9.17) is 11.6 Å². The monoisotopic (exact) mass is 385 g/mol. The number of fused-ring (bicyclic) bond motifs is 1. The van der Waals surface area contributed by atoms with Crippen molar-refractivity contribution in [1.29, 1.82) is 5.26 Å². The van der Waals surface area contributed by atoms with Gasteiger partial charge in [0.05, 0.1) is 11.5 Å². The molecular weight excluding hydrogens is 370 g/mol. The number of halogens is 1. The molecule has 1 saturated heterocycles. The molecule has 1 aromatic heterocycles. The summed E-state index contributed by atoms with van der Waals surface area (Å²) in [6.07, 6.45) is 3.09. The van der Waals surface area contributed by atoms with Crippen molar-refractivity contribution >= 4 is 45.4 Å². The molecule has 2 aromatic rings. The van der Waals surface area contributed by atoms with Gasteiger partial charge in [0.1, 0.15) is 11.1 Å². The molecule has 0 radical (unpaired) electrons. The summed E-state index contributed by atoms with van der Waals surface area (Å²) >= 11 is 7.49. The number of thiophene rings is 1. The maximum absolute atomic E-state index is 12.7. The van der Waals surface area contributed by atoms with Gasteiger partial charge in [-0.3, -0.25) is 9.59 Å². The highest BCUT2D eigenvalue weighted by atomic mass is 35.5. The van der Waals surface area contributed by atoms with Crippen LogP contribution in [0.15, 0.2) is 24.3 Å². The highest BCUT2D eigenvalue weighted by Crippen LogP contribution is 2.39. The summed E-state index contributed by atoms with van der Waals surface area (Å²) in [5.74, 6) is -0.745. The van der Waals surface area contributed by atoms with Gasteiger partial charge in [0.25, 0.3) is 0 Å². The van der Waals surface area contributed by atoms with Crippen molar-refractivity contribution in [1.82, 2.24) is 0 Å². The third-order valence-corrected chi connectivity index (χ3v) is 6.33. The zero-order chi connectivity index (χ0) is 18.3. The predicted octanol–water partition coefficient (Wildman–Crippen LogP) is 3.75. The summed E-state index contributed by atoms with van der Waals surface area (Å²) in [7, 11) is 0. The Kier molecular flexibility index (Phi) is 4.43. The van der Waals surface area contributed by atoms with E-state index in [9.17, 15) is 14.9 Å². The van der Waals surface area contributed by atoms with Crippen molar-refractivity contribution in [2.24, 2.45) is 5.92 Å². The molecule has 2 amide bonds. The first-order valence-corrected chi connectivity index (χ1v) is 9.67. The van der Waals surface area contributed by atoms with Gasteiger partial charge in [-0.1, -0.05) is 17.7 Å². The van der Waals surface area contributed by atoms with Gasteiger partial charge >= 0.3 is 0 Å². The molecule has 1 aromatic carbocycles. The van der Waals surface area contributed by atoms with E-state index in [1.807, 2.05) is 6.07 Å². The molecule has 0 bridgehead atoms. The van der Waals surface area contributed by atoms with Crippen molar-refractivity contribution in [2.45, 2.75) is 25.7 Å². The smallest absolute Gasteiger partial charge is 0.230 e. The first-order chi connectivity index (χ1) is 12.6. The van der Waals surface area contributed by atoms with E-state index in [1.54, 1.807) is 23.1 Å². The molecule has 132 valence electrons.